The van der Waals surface area contributed by atoms with Crippen molar-refractivity contribution in [1.82, 2.24) is 0 Å². The van der Waals surface area contributed by atoms with E-state index in [0.29, 0.717) is 24.6 Å². The molecule has 0 aliphatic carbocycles. The van der Waals surface area contributed by atoms with Gasteiger partial charge in [0.25, 0.3) is 0 Å². The van der Waals surface area contributed by atoms with Crippen molar-refractivity contribution < 1.29 is 18.5 Å². The Bertz CT molecular complexity index is 222. The van der Waals surface area contributed by atoms with Gasteiger partial charge in [-0.2, -0.15) is 0 Å². The van der Waals surface area contributed by atoms with Gasteiger partial charge in [0, 0.05) is 11.8 Å². The lowest BCUT2D eigenvalue weighted by atomic mass is 10.2. The molecule has 0 rings (SSSR count). The molecule has 0 fully saturated rings. The second kappa shape index (κ2) is 13.7. The minimum absolute atomic E-state index is 0.190. The van der Waals surface area contributed by atoms with Crippen LogP contribution in [0.5, 0.6) is 0 Å². The zero-order valence-electron chi connectivity index (χ0n) is 11.3. The first-order valence-electron chi connectivity index (χ1n) is 6.84. The van der Waals surface area contributed by atoms with Gasteiger partial charge in [-0.1, -0.05) is 25.7 Å². The van der Waals surface area contributed by atoms with Crippen molar-refractivity contribution in [3.8, 4) is 0 Å². The number of hydrogen-bond donors (Lipinski definition) is 0. The highest BCUT2D eigenvalue weighted by molar-refractivity contribution is 7.47. The lowest BCUT2D eigenvalue weighted by Gasteiger charge is -2.10. The van der Waals surface area contributed by atoms with Gasteiger partial charge < -0.3 is 0 Å². The standard InChI is InChI=1S/C12H24Cl2O4P/c13-9-5-1-3-7-11-17-19(15,16)18-12-8-4-2-6-10-14/h1-12H2. The summed E-state index contributed by atoms with van der Waals surface area (Å²) in [5, 5.41) is 0. The highest BCUT2D eigenvalue weighted by atomic mass is 35.5. The average molecular weight is 334 g/mol. The van der Waals surface area contributed by atoms with Gasteiger partial charge >= 0.3 is 7.82 Å². The molecule has 0 aromatic heterocycles. The van der Waals surface area contributed by atoms with E-state index in [2.05, 4.69) is 0 Å². The third-order valence-corrected chi connectivity index (χ3v) is 4.09. The van der Waals surface area contributed by atoms with Crippen LogP contribution in [0.25, 0.3) is 0 Å². The third-order valence-electron chi connectivity index (χ3n) is 2.55. The van der Waals surface area contributed by atoms with Crippen LogP contribution in [0.2, 0.25) is 0 Å². The number of unbranched alkanes of at least 4 members (excludes halogenated alkanes) is 6. The molecule has 0 N–H and O–H groups in total. The highest BCUT2D eigenvalue weighted by Gasteiger charge is 2.22. The fourth-order valence-corrected chi connectivity index (χ4v) is 2.65. The van der Waals surface area contributed by atoms with E-state index in [4.69, 9.17) is 32.2 Å². The van der Waals surface area contributed by atoms with Crippen molar-refractivity contribution in [2.75, 3.05) is 25.0 Å². The van der Waals surface area contributed by atoms with Gasteiger partial charge in [-0.05, 0) is 25.7 Å². The minimum atomic E-state index is -4.11. The normalized spacial score (nSPS) is 11.9. The Morgan fingerprint density at radius 3 is 1.42 bits per heavy atom. The minimum Gasteiger partial charge on any atom is -0.285 e. The van der Waals surface area contributed by atoms with Crippen LogP contribution in [-0.4, -0.2) is 25.0 Å². The highest BCUT2D eigenvalue weighted by Crippen LogP contribution is 2.44. The molecule has 0 aromatic rings. The maximum atomic E-state index is 11.3. The molecular formula is C12H24Cl2O4P. The van der Waals surface area contributed by atoms with Gasteiger partial charge in [0.2, 0.25) is 0 Å². The molecule has 0 saturated heterocycles. The van der Waals surface area contributed by atoms with Crippen LogP contribution in [0, 0.1) is 0 Å². The van der Waals surface area contributed by atoms with Crippen molar-refractivity contribution in [3.05, 3.63) is 0 Å². The second-order valence-corrected chi connectivity index (χ2v) is 6.49. The summed E-state index contributed by atoms with van der Waals surface area (Å²) in [7, 11) is -4.11. The molecule has 0 spiro atoms. The summed E-state index contributed by atoms with van der Waals surface area (Å²) in [6, 6.07) is 0. The van der Waals surface area contributed by atoms with Crippen LogP contribution < -0.4 is 0 Å². The first-order chi connectivity index (χ1) is 9.12. The zero-order chi connectivity index (χ0) is 14.4. The Morgan fingerprint density at radius 1 is 0.684 bits per heavy atom. The van der Waals surface area contributed by atoms with Crippen molar-refractivity contribution in [2.45, 2.75) is 51.4 Å². The fraction of sp³-hybridized carbons (Fsp3) is 1.00. The molecule has 115 valence electrons. The fourth-order valence-electron chi connectivity index (χ4n) is 1.49. The number of hydrogen-bond acceptors (Lipinski definition) is 3. The van der Waals surface area contributed by atoms with Crippen LogP contribution >= 0.6 is 31.0 Å². The van der Waals surface area contributed by atoms with E-state index in [-0.39, 0.29) is 13.2 Å². The Hall–Kier alpha value is 0.690. The van der Waals surface area contributed by atoms with E-state index in [1.165, 1.54) is 0 Å². The molecule has 0 heterocycles. The molecule has 0 unspecified atom stereocenters. The summed E-state index contributed by atoms with van der Waals surface area (Å²) in [5.41, 5.74) is 0. The van der Waals surface area contributed by atoms with Crippen LogP contribution in [0.3, 0.4) is 0 Å². The lowest BCUT2D eigenvalue weighted by molar-refractivity contribution is 0.124. The summed E-state index contributed by atoms with van der Waals surface area (Å²) in [6.07, 6.45) is 7.17. The molecule has 0 aliphatic heterocycles. The van der Waals surface area contributed by atoms with Crippen molar-refractivity contribution >= 4 is 31.0 Å². The third kappa shape index (κ3) is 14.9. The molecule has 19 heavy (non-hydrogen) atoms. The van der Waals surface area contributed by atoms with Crippen LogP contribution in [0.1, 0.15) is 51.4 Å². The monoisotopic (exact) mass is 333 g/mol. The van der Waals surface area contributed by atoms with Gasteiger partial charge in [-0.25, -0.2) is 4.57 Å². The number of halogens is 2. The SMILES string of the molecule is [O]P(=O)(OCCCCCCCl)OCCCCCCCl. The Balaban J connectivity index is 3.39. The van der Waals surface area contributed by atoms with Gasteiger partial charge in [-0.15, -0.1) is 28.1 Å². The molecule has 0 bridgehead atoms. The smallest absolute Gasteiger partial charge is 0.285 e. The van der Waals surface area contributed by atoms with Crippen LogP contribution in [-0.2, 0) is 18.5 Å². The summed E-state index contributed by atoms with van der Waals surface area (Å²) in [5.74, 6) is 1.29. The van der Waals surface area contributed by atoms with E-state index < -0.39 is 7.82 Å². The van der Waals surface area contributed by atoms with E-state index in [9.17, 15) is 9.46 Å². The number of rotatable bonds is 14. The molecule has 0 aromatic carbocycles. The van der Waals surface area contributed by atoms with E-state index in [1.807, 2.05) is 0 Å². The Kier molecular flexibility index (Phi) is 14.2. The predicted octanol–water partition coefficient (Wildman–Crippen LogP) is 5.16. The molecule has 0 saturated carbocycles. The molecule has 0 atom stereocenters. The summed E-state index contributed by atoms with van der Waals surface area (Å²) in [6.45, 7) is 0.380. The molecular weight excluding hydrogens is 310 g/mol. The summed E-state index contributed by atoms with van der Waals surface area (Å²) < 4.78 is 20.9. The Labute approximate surface area is 126 Å². The molecule has 1 radical (unpaired) electrons. The maximum Gasteiger partial charge on any atom is 0.502 e. The zero-order valence-corrected chi connectivity index (χ0v) is 13.7. The van der Waals surface area contributed by atoms with Crippen LogP contribution in [0.4, 0.5) is 0 Å². The lowest BCUT2D eigenvalue weighted by Crippen LogP contribution is -1.98. The van der Waals surface area contributed by atoms with Crippen molar-refractivity contribution in [2.24, 2.45) is 0 Å². The quantitative estimate of drug-likeness (QED) is 0.251. The van der Waals surface area contributed by atoms with Gasteiger partial charge in [0.15, 0.2) is 0 Å². The van der Waals surface area contributed by atoms with Gasteiger partial charge in [-0.3, -0.25) is 9.05 Å². The molecule has 0 aliphatic rings. The summed E-state index contributed by atoms with van der Waals surface area (Å²) in [4.78, 5) is 11.3. The molecule has 0 amide bonds. The first kappa shape index (κ1) is 19.7. The van der Waals surface area contributed by atoms with E-state index in [1.54, 1.807) is 0 Å². The maximum absolute atomic E-state index is 11.3. The van der Waals surface area contributed by atoms with Crippen molar-refractivity contribution in [3.63, 3.8) is 0 Å². The Morgan fingerprint density at radius 2 is 1.05 bits per heavy atom. The van der Waals surface area contributed by atoms with Crippen molar-refractivity contribution in [1.29, 1.82) is 0 Å². The largest absolute Gasteiger partial charge is 0.502 e. The first-order valence-corrected chi connectivity index (χ1v) is 9.37. The predicted molar refractivity (Wildman–Crippen MR) is 78.6 cm³/mol. The second-order valence-electron chi connectivity index (χ2n) is 4.32. The summed E-state index contributed by atoms with van der Waals surface area (Å²) >= 11 is 11.1. The topological polar surface area (TPSA) is 55.4 Å². The van der Waals surface area contributed by atoms with Gasteiger partial charge in [0.1, 0.15) is 0 Å². The molecule has 4 nitrogen and oxygen atoms in total. The van der Waals surface area contributed by atoms with Crippen LogP contribution in [0.15, 0.2) is 0 Å². The molecule has 7 heteroatoms. The van der Waals surface area contributed by atoms with E-state index in [0.717, 1.165) is 38.5 Å². The van der Waals surface area contributed by atoms with E-state index >= 15 is 0 Å². The average Bonchev–Trinajstić information content (AvgIpc) is 2.38. The number of alkyl halides is 2. The van der Waals surface area contributed by atoms with Gasteiger partial charge in [0.05, 0.1) is 13.2 Å².